The van der Waals surface area contributed by atoms with E-state index < -0.39 is 5.60 Å². The number of fused-ring (bicyclic) bond motifs is 1. The molecule has 0 amide bonds. The summed E-state index contributed by atoms with van der Waals surface area (Å²) in [5.74, 6) is 1.26. The molecule has 0 unspecified atom stereocenters. The maximum absolute atomic E-state index is 11.4. The minimum absolute atomic E-state index is 0.0373. The largest absolute Gasteiger partial charge is 0.383 e. The van der Waals surface area contributed by atoms with E-state index in [1.807, 2.05) is 36.4 Å². The summed E-state index contributed by atoms with van der Waals surface area (Å²) < 4.78 is 14.2. The SMILES string of the molecule is OC1(c2nc3cc(Br)ccc3s2)CCC(OCc2c(-c3c(Cl)cccc3Cl)noc2C2CC2)CC1. The predicted octanol–water partition coefficient (Wildman–Crippen LogP) is 8.25. The first-order valence-electron chi connectivity index (χ1n) is 11.7. The highest BCUT2D eigenvalue weighted by molar-refractivity contribution is 9.10. The minimum Gasteiger partial charge on any atom is -0.383 e. The molecule has 2 heterocycles. The molecule has 5 nitrogen and oxygen atoms in total. The van der Waals surface area contributed by atoms with Crippen LogP contribution in [0.5, 0.6) is 0 Å². The zero-order valence-electron chi connectivity index (χ0n) is 18.8. The Hall–Kier alpha value is -1.48. The quantitative estimate of drug-likeness (QED) is 0.244. The van der Waals surface area contributed by atoms with Gasteiger partial charge in [-0.05, 0) is 68.9 Å². The van der Waals surface area contributed by atoms with Crippen LogP contribution in [0.3, 0.4) is 0 Å². The van der Waals surface area contributed by atoms with Crippen molar-refractivity contribution in [2.75, 3.05) is 0 Å². The van der Waals surface area contributed by atoms with Gasteiger partial charge in [0.2, 0.25) is 0 Å². The van der Waals surface area contributed by atoms with Crippen LogP contribution in [0.1, 0.15) is 60.8 Å². The lowest BCUT2D eigenvalue weighted by Crippen LogP contribution is -2.34. The fourth-order valence-electron chi connectivity index (χ4n) is 4.80. The smallest absolute Gasteiger partial charge is 0.145 e. The molecule has 2 saturated carbocycles. The van der Waals surface area contributed by atoms with Gasteiger partial charge >= 0.3 is 0 Å². The maximum atomic E-state index is 11.4. The monoisotopic (exact) mass is 592 g/mol. The van der Waals surface area contributed by atoms with E-state index in [4.69, 9.17) is 37.4 Å². The third kappa shape index (κ3) is 4.67. The molecule has 2 aliphatic carbocycles. The first-order chi connectivity index (χ1) is 16.9. The second kappa shape index (κ2) is 9.43. The third-order valence-corrected chi connectivity index (χ3v) is 9.29. The number of hydrogen-bond acceptors (Lipinski definition) is 6. The molecular formula is C26H23BrCl2N2O3S. The highest BCUT2D eigenvalue weighted by atomic mass is 79.9. The van der Waals surface area contributed by atoms with E-state index in [9.17, 15) is 5.11 Å². The maximum Gasteiger partial charge on any atom is 0.145 e. The number of benzene rings is 2. The van der Waals surface area contributed by atoms with Crippen molar-refractivity contribution in [1.82, 2.24) is 10.1 Å². The molecule has 0 aliphatic heterocycles. The molecule has 1 N–H and O–H groups in total. The zero-order valence-corrected chi connectivity index (χ0v) is 22.7. The summed E-state index contributed by atoms with van der Waals surface area (Å²) in [4.78, 5) is 4.73. The Kier molecular flexibility index (Phi) is 6.44. The standard InChI is InChI=1S/C26H23BrCl2N2O3S/c27-15-6-7-21-20(12-15)30-25(35-21)26(32)10-8-16(9-11-26)33-13-17-23(31-34-24(17)14-4-5-14)22-18(28)2-1-3-19(22)29/h1-3,6-7,12,14,16,32H,4-5,8-11,13H2. The van der Waals surface area contributed by atoms with Crippen LogP contribution in [-0.2, 0) is 16.9 Å². The molecule has 2 fully saturated rings. The molecule has 2 aliphatic rings. The lowest BCUT2D eigenvalue weighted by Gasteiger charge is -2.34. The van der Waals surface area contributed by atoms with Crippen LogP contribution in [0.4, 0.5) is 0 Å². The van der Waals surface area contributed by atoms with Gasteiger partial charge in [-0.15, -0.1) is 11.3 Å². The molecule has 182 valence electrons. The Morgan fingerprint density at radius 3 is 2.57 bits per heavy atom. The zero-order chi connectivity index (χ0) is 24.2. The lowest BCUT2D eigenvalue weighted by atomic mass is 9.83. The number of hydrogen-bond donors (Lipinski definition) is 1. The van der Waals surface area contributed by atoms with Crippen molar-refractivity contribution in [1.29, 1.82) is 0 Å². The first-order valence-corrected chi connectivity index (χ1v) is 14.1. The molecule has 35 heavy (non-hydrogen) atoms. The van der Waals surface area contributed by atoms with Gasteiger partial charge in [-0.2, -0.15) is 0 Å². The summed E-state index contributed by atoms with van der Waals surface area (Å²) in [6, 6.07) is 11.5. The van der Waals surface area contributed by atoms with Crippen LogP contribution >= 0.6 is 50.5 Å². The predicted molar refractivity (Wildman–Crippen MR) is 142 cm³/mol. The van der Waals surface area contributed by atoms with Gasteiger partial charge in [0.05, 0.1) is 33.0 Å². The van der Waals surface area contributed by atoms with Gasteiger partial charge < -0.3 is 14.4 Å². The third-order valence-electron chi connectivity index (χ3n) is 6.94. The average Bonchev–Trinajstić information content (AvgIpc) is 3.45. The van der Waals surface area contributed by atoms with Gasteiger partial charge in [0.1, 0.15) is 22.1 Å². The van der Waals surface area contributed by atoms with E-state index in [1.165, 1.54) is 0 Å². The number of aromatic nitrogens is 2. The summed E-state index contributed by atoms with van der Waals surface area (Å²) in [6.45, 7) is 0.379. The molecule has 9 heteroatoms. The van der Waals surface area contributed by atoms with Gasteiger partial charge in [0.15, 0.2) is 0 Å². The van der Waals surface area contributed by atoms with Gasteiger partial charge in [-0.3, -0.25) is 0 Å². The highest BCUT2D eigenvalue weighted by Crippen LogP contribution is 2.47. The summed E-state index contributed by atoms with van der Waals surface area (Å²) in [5, 5.41) is 17.6. The van der Waals surface area contributed by atoms with E-state index in [0.717, 1.165) is 56.7 Å². The van der Waals surface area contributed by atoms with Crippen LogP contribution < -0.4 is 0 Å². The van der Waals surface area contributed by atoms with Crippen LogP contribution in [-0.4, -0.2) is 21.4 Å². The van der Waals surface area contributed by atoms with Crippen LogP contribution in [0.25, 0.3) is 21.5 Å². The second-order valence-electron chi connectivity index (χ2n) is 9.42. The van der Waals surface area contributed by atoms with Crippen molar-refractivity contribution in [2.24, 2.45) is 0 Å². The van der Waals surface area contributed by atoms with E-state index in [0.29, 0.717) is 46.7 Å². The molecule has 0 atom stereocenters. The normalized spacial score (nSPS) is 22.7. The molecule has 0 bridgehead atoms. The van der Waals surface area contributed by atoms with Crippen LogP contribution in [0.15, 0.2) is 45.4 Å². The lowest BCUT2D eigenvalue weighted by molar-refractivity contribution is -0.0640. The minimum atomic E-state index is -0.914. The first kappa shape index (κ1) is 23.9. The summed E-state index contributed by atoms with van der Waals surface area (Å²) in [7, 11) is 0. The highest BCUT2D eigenvalue weighted by Gasteiger charge is 2.39. The second-order valence-corrected chi connectivity index (χ2v) is 12.2. The Morgan fingerprint density at radius 2 is 1.86 bits per heavy atom. The number of nitrogens with zero attached hydrogens (tertiary/aromatic N) is 2. The van der Waals surface area contributed by atoms with Crippen LogP contribution in [0.2, 0.25) is 10.0 Å². The van der Waals surface area contributed by atoms with Crippen LogP contribution in [0, 0.1) is 0 Å². The van der Waals surface area contributed by atoms with Crippen molar-refractivity contribution in [3.05, 3.63) is 67.2 Å². The van der Waals surface area contributed by atoms with Gasteiger partial charge in [0, 0.05) is 21.5 Å². The molecule has 0 radical (unpaired) electrons. The fraction of sp³-hybridized carbons (Fsp3) is 0.385. The number of thiazole rings is 1. The average molecular weight is 594 g/mol. The number of halogens is 3. The topological polar surface area (TPSA) is 68.4 Å². The van der Waals surface area contributed by atoms with Crippen molar-refractivity contribution in [3.8, 4) is 11.3 Å². The molecule has 0 spiro atoms. The van der Waals surface area contributed by atoms with Crippen molar-refractivity contribution in [3.63, 3.8) is 0 Å². The van der Waals surface area contributed by atoms with E-state index in [1.54, 1.807) is 11.3 Å². The van der Waals surface area contributed by atoms with Gasteiger partial charge in [0.25, 0.3) is 0 Å². The van der Waals surface area contributed by atoms with Crippen molar-refractivity contribution >= 4 is 60.7 Å². The molecule has 0 saturated heterocycles. The summed E-state index contributed by atoms with van der Waals surface area (Å²) in [6.07, 6.45) is 4.95. The molecular weight excluding hydrogens is 571 g/mol. The van der Waals surface area contributed by atoms with Gasteiger partial charge in [-0.25, -0.2) is 4.98 Å². The number of ether oxygens (including phenoxy) is 1. The van der Waals surface area contributed by atoms with E-state index >= 15 is 0 Å². The van der Waals surface area contributed by atoms with Gasteiger partial charge in [-0.1, -0.05) is 50.4 Å². The molecule has 2 aromatic heterocycles. The Labute approximate surface area is 225 Å². The Morgan fingerprint density at radius 1 is 1.11 bits per heavy atom. The van der Waals surface area contributed by atoms with E-state index in [2.05, 4.69) is 21.1 Å². The molecule has 2 aromatic carbocycles. The summed E-state index contributed by atoms with van der Waals surface area (Å²) in [5.41, 5.74) is 2.28. The van der Waals surface area contributed by atoms with E-state index in [-0.39, 0.29) is 6.10 Å². The Balaban J connectivity index is 1.18. The molecule has 4 aromatic rings. The molecule has 6 rings (SSSR count). The number of aliphatic hydroxyl groups is 1. The van der Waals surface area contributed by atoms with Crippen molar-refractivity contribution < 1.29 is 14.4 Å². The summed E-state index contributed by atoms with van der Waals surface area (Å²) >= 11 is 18.0. The van der Waals surface area contributed by atoms with Crippen molar-refractivity contribution in [2.45, 2.75) is 62.8 Å². The fourth-order valence-corrected chi connectivity index (χ4v) is 6.82. The number of rotatable bonds is 6. The Bertz CT molecular complexity index is 1370.